The molecule has 0 heterocycles. The van der Waals surface area contributed by atoms with E-state index in [-0.39, 0.29) is 19.6 Å². The third-order valence-electron chi connectivity index (χ3n) is 4.05. The zero-order valence-corrected chi connectivity index (χ0v) is 16.4. The Hall–Kier alpha value is -1.49. The summed E-state index contributed by atoms with van der Waals surface area (Å²) in [5.74, 6) is -1.19. The summed E-state index contributed by atoms with van der Waals surface area (Å²) in [6.07, 6.45) is 0.141. The molecule has 1 aromatic carbocycles. The zero-order valence-electron chi connectivity index (χ0n) is 15.5. The molecule has 0 aliphatic carbocycles. The summed E-state index contributed by atoms with van der Waals surface area (Å²) >= 11 is 0. The van der Waals surface area contributed by atoms with Gasteiger partial charge in [-0.15, -0.1) is 0 Å². The van der Waals surface area contributed by atoms with Crippen LogP contribution in [0.25, 0.3) is 0 Å². The number of carbonyl (C=O) groups is 2. The predicted molar refractivity (Wildman–Crippen MR) is 95.6 cm³/mol. The summed E-state index contributed by atoms with van der Waals surface area (Å²) in [5.41, 5.74) is -1.77. The molecule has 0 radical (unpaired) electrons. The Kier molecular flexibility index (Phi) is 8.00. The maximum atomic E-state index is 13.1. The summed E-state index contributed by atoms with van der Waals surface area (Å²) in [4.78, 5) is 25.5. The van der Waals surface area contributed by atoms with Crippen molar-refractivity contribution in [1.29, 1.82) is 0 Å². The fraction of sp³-hybridized carbons (Fsp3) is 0.556. The van der Waals surface area contributed by atoms with Gasteiger partial charge in [0.2, 0.25) is 0 Å². The molecule has 1 rings (SSSR count). The second-order valence-electron chi connectivity index (χ2n) is 5.90. The van der Waals surface area contributed by atoms with Gasteiger partial charge in [-0.2, -0.15) is 0 Å². The summed E-state index contributed by atoms with van der Waals surface area (Å²) < 4.78 is 28.4. The number of methoxy groups -OCH3 is 1. The molecule has 0 saturated carbocycles. The van der Waals surface area contributed by atoms with E-state index in [1.807, 2.05) is 30.3 Å². The lowest BCUT2D eigenvalue weighted by Gasteiger charge is -2.31. The first kappa shape index (κ1) is 21.6. The number of esters is 1. The van der Waals surface area contributed by atoms with Crippen LogP contribution in [0, 0.1) is 5.41 Å². The van der Waals surface area contributed by atoms with Crippen molar-refractivity contribution in [1.82, 2.24) is 0 Å². The van der Waals surface area contributed by atoms with E-state index in [1.165, 1.54) is 21.0 Å². The minimum atomic E-state index is -3.68. The highest BCUT2D eigenvalue weighted by Gasteiger charge is 2.50. The van der Waals surface area contributed by atoms with Gasteiger partial charge in [0.1, 0.15) is 11.1 Å². The first-order chi connectivity index (χ1) is 11.7. The fourth-order valence-electron chi connectivity index (χ4n) is 2.71. The van der Waals surface area contributed by atoms with Crippen LogP contribution in [0.1, 0.15) is 33.3 Å². The Morgan fingerprint density at radius 1 is 1.12 bits per heavy atom. The third-order valence-corrected chi connectivity index (χ3v) is 6.47. The Morgan fingerprint density at radius 2 is 1.64 bits per heavy atom. The molecule has 0 aromatic heterocycles. The van der Waals surface area contributed by atoms with E-state index in [4.69, 9.17) is 13.8 Å². The van der Waals surface area contributed by atoms with Crippen molar-refractivity contribution in [2.45, 2.75) is 39.8 Å². The first-order valence-electron chi connectivity index (χ1n) is 8.30. The van der Waals surface area contributed by atoms with Crippen LogP contribution in [0.15, 0.2) is 30.3 Å². The monoisotopic (exact) mass is 370 g/mol. The van der Waals surface area contributed by atoms with Gasteiger partial charge in [0, 0.05) is 0 Å². The summed E-state index contributed by atoms with van der Waals surface area (Å²) in [6, 6.07) is 9.15. The highest BCUT2D eigenvalue weighted by molar-refractivity contribution is 7.55. The van der Waals surface area contributed by atoms with Crippen LogP contribution in [0.5, 0.6) is 0 Å². The van der Waals surface area contributed by atoms with Gasteiger partial charge in [-0.05, 0) is 39.7 Å². The number of ketones is 1. The lowest BCUT2D eigenvalue weighted by atomic mass is 9.78. The highest BCUT2D eigenvalue weighted by Crippen LogP contribution is 2.55. The van der Waals surface area contributed by atoms with E-state index in [9.17, 15) is 14.2 Å². The largest absolute Gasteiger partial charge is 0.468 e. The Balaban J connectivity index is 3.23. The molecule has 1 aromatic rings. The molecule has 2 unspecified atom stereocenters. The fourth-order valence-corrected chi connectivity index (χ4v) is 4.53. The molecular formula is C18H27O6P. The van der Waals surface area contributed by atoms with Crippen LogP contribution < -0.4 is 0 Å². The van der Waals surface area contributed by atoms with Crippen LogP contribution in [0.4, 0.5) is 0 Å². The molecule has 0 bridgehead atoms. The Morgan fingerprint density at radius 3 is 2.08 bits per heavy atom. The number of hydrogen-bond acceptors (Lipinski definition) is 6. The normalized spacial score (nSPS) is 15.2. The highest BCUT2D eigenvalue weighted by atomic mass is 31.2. The van der Waals surface area contributed by atoms with E-state index in [0.29, 0.717) is 0 Å². The van der Waals surface area contributed by atoms with Gasteiger partial charge in [-0.3, -0.25) is 14.2 Å². The number of hydrogen-bond donors (Lipinski definition) is 0. The van der Waals surface area contributed by atoms with Crippen LogP contribution in [-0.4, -0.2) is 37.7 Å². The maximum absolute atomic E-state index is 13.1. The average Bonchev–Trinajstić information content (AvgIpc) is 2.60. The van der Waals surface area contributed by atoms with Gasteiger partial charge in [0.05, 0.1) is 20.3 Å². The SMILES string of the molecule is CCOP(=O)(OCC)C(C)C(=O)C(C)(Cc1ccccc1)C(=O)OC. The average molecular weight is 370 g/mol. The topological polar surface area (TPSA) is 78.9 Å². The van der Waals surface area contributed by atoms with E-state index in [0.717, 1.165) is 5.56 Å². The van der Waals surface area contributed by atoms with Crippen molar-refractivity contribution in [2.24, 2.45) is 5.41 Å². The maximum Gasteiger partial charge on any atom is 0.340 e. The zero-order chi connectivity index (χ0) is 19.1. The van der Waals surface area contributed by atoms with Gasteiger partial charge < -0.3 is 13.8 Å². The van der Waals surface area contributed by atoms with Crippen LogP contribution in [0.3, 0.4) is 0 Å². The van der Waals surface area contributed by atoms with Crippen LogP contribution in [-0.2, 0) is 34.4 Å². The lowest BCUT2D eigenvalue weighted by Crippen LogP contribution is -2.44. The predicted octanol–water partition coefficient (Wildman–Crippen LogP) is 3.63. The van der Waals surface area contributed by atoms with Crippen molar-refractivity contribution in [2.75, 3.05) is 20.3 Å². The molecule has 0 fully saturated rings. The number of benzene rings is 1. The molecular weight excluding hydrogens is 343 g/mol. The van der Waals surface area contributed by atoms with Crippen molar-refractivity contribution in [3.8, 4) is 0 Å². The molecule has 0 aliphatic rings. The molecule has 0 N–H and O–H groups in total. The summed E-state index contributed by atoms with van der Waals surface area (Å²) in [7, 11) is -2.44. The quantitative estimate of drug-likeness (QED) is 0.355. The number of Topliss-reactive ketones (excluding diaryl/α,β-unsaturated/α-hetero) is 1. The van der Waals surface area contributed by atoms with E-state index in [2.05, 4.69) is 0 Å². The van der Waals surface area contributed by atoms with Crippen LogP contribution >= 0.6 is 7.60 Å². The van der Waals surface area contributed by atoms with E-state index >= 15 is 0 Å². The first-order valence-corrected chi connectivity index (χ1v) is 9.91. The summed E-state index contributed by atoms with van der Waals surface area (Å²) in [5, 5.41) is 0. The molecule has 0 amide bonds. The van der Waals surface area contributed by atoms with Crippen molar-refractivity contribution >= 4 is 19.3 Å². The standard InChI is InChI=1S/C18H27O6P/c1-6-23-25(21,24-7-2)14(3)16(19)18(4,17(20)22-5)13-15-11-9-8-10-12-15/h8-12,14H,6-7,13H2,1-5H3. The minimum Gasteiger partial charge on any atom is -0.468 e. The molecule has 0 spiro atoms. The minimum absolute atomic E-state index is 0.141. The second-order valence-corrected chi connectivity index (χ2v) is 8.27. The lowest BCUT2D eigenvalue weighted by molar-refractivity contribution is -0.156. The van der Waals surface area contributed by atoms with Gasteiger partial charge in [0.25, 0.3) is 0 Å². The number of rotatable bonds is 10. The third kappa shape index (κ3) is 5.00. The Labute approximate surface area is 149 Å². The molecule has 25 heavy (non-hydrogen) atoms. The van der Waals surface area contributed by atoms with Crippen molar-refractivity contribution in [3.63, 3.8) is 0 Å². The molecule has 2 atom stereocenters. The van der Waals surface area contributed by atoms with Crippen molar-refractivity contribution < 1.29 is 27.9 Å². The van der Waals surface area contributed by atoms with Crippen LogP contribution in [0.2, 0.25) is 0 Å². The number of ether oxygens (including phenoxy) is 1. The Bertz CT molecular complexity index is 620. The second kappa shape index (κ2) is 9.27. The summed E-state index contributed by atoms with van der Waals surface area (Å²) in [6.45, 7) is 6.61. The molecule has 6 nitrogen and oxygen atoms in total. The molecule has 140 valence electrons. The van der Waals surface area contributed by atoms with Crippen molar-refractivity contribution in [3.05, 3.63) is 35.9 Å². The van der Waals surface area contributed by atoms with Gasteiger partial charge in [0.15, 0.2) is 5.78 Å². The van der Waals surface area contributed by atoms with E-state index < -0.39 is 30.4 Å². The smallest absolute Gasteiger partial charge is 0.340 e. The van der Waals surface area contributed by atoms with Gasteiger partial charge in [-0.25, -0.2) is 0 Å². The van der Waals surface area contributed by atoms with E-state index in [1.54, 1.807) is 13.8 Å². The number of carbonyl (C=O) groups excluding carboxylic acids is 2. The molecule has 0 aliphatic heterocycles. The molecule has 7 heteroatoms. The van der Waals surface area contributed by atoms with Gasteiger partial charge >= 0.3 is 13.6 Å². The van der Waals surface area contributed by atoms with Gasteiger partial charge in [-0.1, -0.05) is 30.3 Å². The molecule has 0 saturated heterocycles.